The van der Waals surface area contributed by atoms with E-state index in [0.29, 0.717) is 0 Å². The van der Waals surface area contributed by atoms with Crippen LogP contribution < -0.4 is 5.32 Å². The lowest BCUT2D eigenvalue weighted by molar-refractivity contribution is 1.33. The van der Waals surface area contributed by atoms with Gasteiger partial charge in [0.15, 0.2) is 0 Å². The van der Waals surface area contributed by atoms with Gasteiger partial charge in [0.05, 0.1) is 0 Å². The fourth-order valence-electron chi connectivity index (χ4n) is 1.65. The number of anilines is 2. The normalized spacial score (nSPS) is 10.5. The topological polar surface area (TPSA) is 24.9 Å². The molecule has 2 nitrogen and oxygen atoms in total. The van der Waals surface area contributed by atoms with Crippen LogP contribution in [0.3, 0.4) is 0 Å². The lowest BCUT2D eigenvalue weighted by Gasteiger charge is -2.05. The Morgan fingerprint density at radius 2 is 1.81 bits per heavy atom. The molecule has 0 unspecified atom stereocenters. The Hall–Kier alpha value is -1.87. The Bertz CT molecular complexity index is 601. The summed E-state index contributed by atoms with van der Waals surface area (Å²) in [6.07, 6.45) is 3.57. The molecule has 16 heavy (non-hydrogen) atoms. The van der Waals surface area contributed by atoms with E-state index in [0.717, 1.165) is 11.4 Å². The molecule has 0 aliphatic carbocycles. The third-order valence-corrected chi connectivity index (χ3v) is 3.32. The highest BCUT2D eigenvalue weighted by atomic mass is 32.1. The average molecular weight is 226 g/mol. The van der Waals surface area contributed by atoms with Crippen LogP contribution in [0.2, 0.25) is 0 Å². The zero-order chi connectivity index (χ0) is 10.8. The van der Waals surface area contributed by atoms with Gasteiger partial charge in [-0.3, -0.25) is 4.98 Å². The maximum Gasteiger partial charge on any atom is 0.0415 e. The third kappa shape index (κ3) is 1.77. The number of pyridine rings is 1. The number of hydrogen-bond donors (Lipinski definition) is 1. The summed E-state index contributed by atoms with van der Waals surface area (Å²) in [5, 5.41) is 6.74. The van der Waals surface area contributed by atoms with Crippen molar-refractivity contribution >= 4 is 32.8 Å². The molecule has 3 aromatic rings. The van der Waals surface area contributed by atoms with Crippen LogP contribution in [0.15, 0.2) is 54.2 Å². The van der Waals surface area contributed by atoms with E-state index in [9.17, 15) is 0 Å². The number of fused-ring (bicyclic) bond motifs is 1. The van der Waals surface area contributed by atoms with Gasteiger partial charge in [-0.1, -0.05) is 0 Å². The highest BCUT2D eigenvalue weighted by Crippen LogP contribution is 2.25. The Labute approximate surface area is 97.6 Å². The maximum atomic E-state index is 3.99. The van der Waals surface area contributed by atoms with E-state index in [-0.39, 0.29) is 0 Å². The molecular formula is C13H10N2S. The number of benzene rings is 1. The molecule has 0 amide bonds. The second kappa shape index (κ2) is 3.94. The first-order chi connectivity index (χ1) is 7.92. The summed E-state index contributed by atoms with van der Waals surface area (Å²) < 4.78 is 1.32. The molecule has 0 spiro atoms. The van der Waals surface area contributed by atoms with Crippen molar-refractivity contribution in [3.8, 4) is 0 Å². The molecule has 2 heterocycles. The van der Waals surface area contributed by atoms with E-state index < -0.39 is 0 Å². The quantitative estimate of drug-likeness (QED) is 0.713. The Balaban J connectivity index is 1.94. The average Bonchev–Trinajstić information content (AvgIpc) is 2.77. The smallest absolute Gasteiger partial charge is 0.0415 e. The number of thiophene rings is 1. The van der Waals surface area contributed by atoms with Gasteiger partial charge >= 0.3 is 0 Å². The molecule has 0 aliphatic heterocycles. The molecule has 0 saturated carbocycles. The molecular weight excluding hydrogens is 216 g/mol. The van der Waals surface area contributed by atoms with Gasteiger partial charge in [-0.25, -0.2) is 0 Å². The minimum atomic E-state index is 1.06. The molecule has 78 valence electrons. The molecule has 3 rings (SSSR count). The van der Waals surface area contributed by atoms with Gasteiger partial charge in [0, 0.05) is 28.5 Å². The SMILES string of the molecule is c1cc(Nc2ccc3sccc3c2)ccn1. The number of nitrogens with zero attached hydrogens (tertiary/aromatic N) is 1. The monoisotopic (exact) mass is 226 g/mol. The molecule has 0 bridgehead atoms. The molecule has 3 heteroatoms. The molecule has 0 atom stereocenters. The van der Waals surface area contributed by atoms with Crippen molar-refractivity contribution in [2.45, 2.75) is 0 Å². The molecule has 0 aliphatic rings. The Morgan fingerprint density at radius 3 is 2.69 bits per heavy atom. The van der Waals surface area contributed by atoms with Crippen molar-refractivity contribution < 1.29 is 0 Å². The predicted molar refractivity (Wildman–Crippen MR) is 69.3 cm³/mol. The van der Waals surface area contributed by atoms with Crippen molar-refractivity contribution in [3.63, 3.8) is 0 Å². The van der Waals surface area contributed by atoms with Gasteiger partial charge in [-0.2, -0.15) is 0 Å². The molecule has 0 saturated heterocycles. The highest BCUT2D eigenvalue weighted by molar-refractivity contribution is 7.17. The van der Waals surface area contributed by atoms with Crippen LogP contribution in [0, 0.1) is 0 Å². The lowest BCUT2D eigenvalue weighted by atomic mass is 10.2. The van der Waals surface area contributed by atoms with Crippen LogP contribution in [0.4, 0.5) is 11.4 Å². The van der Waals surface area contributed by atoms with Crippen molar-refractivity contribution in [1.82, 2.24) is 4.98 Å². The van der Waals surface area contributed by atoms with Crippen LogP contribution in [0.1, 0.15) is 0 Å². The van der Waals surface area contributed by atoms with Crippen molar-refractivity contribution in [2.24, 2.45) is 0 Å². The van der Waals surface area contributed by atoms with Crippen molar-refractivity contribution in [3.05, 3.63) is 54.2 Å². The zero-order valence-corrected chi connectivity index (χ0v) is 9.37. The second-order valence-electron chi connectivity index (χ2n) is 3.53. The van der Waals surface area contributed by atoms with Gasteiger partial charge in [0.25, 0.3) is 0 Å². The largest absolute Gasteiger partial charge is 0.355 e. The first-order valence-electron chi connectivity index (χ1n) is 5.06. The third-order valence-electron chi connectivity index (χ3n) is 2.42. The van der Waals surface area contributed by atoms with Gasteiger partial charge in [-0.15, -0.1) is 11.3 Å². The van der Waals surface area contributed by atoms with E-state index in [2.05, 4.69) is 39.9 Å². The van der Waals surface area contributed by atoms with Crippen molar-refractivity contribution in [1.29, 1.82) is 0 Å². The summed E-state index contributed by atoms with van der Waals surface area (Å²) in [5.41, 5.74) is 2.17. The van der Waals surface area contributed by atoms with Crippen LogP contribution in [-0.2, 0) is 0 Å². The molecule has 2 aromatic heterocycles. The summed E-state index contributed by atoms with van der Waals surface area (Å²) in [4.78, 5) is 3.99. The fraction of sp³-hybridized carbons (Fsp3) is 0. The minimum Gasteiger partial charge on any atom is -0.355 e. The summed E-state index contributed by atoms with van der Waals surface area (Å²) in [6, 6.07) is 12.4. The second-order valence-corrected chi connectivity index (χ2v) is 4.48. The molecule has 0 fully saturated rings. The summed E-state index contributed by atoms with van der Waals surface area (Å²) in [6.45, 7) is 0. The van der Waals surface area contributed by atoms with Gasteiger partial charge in [0.1, 0.15) is 0 Å². The van der Waals surface area contributed by atoms with Crippen molar-refractivity contribution in [2.75, 3.05) is 5.32 Å². The predicted octanol–water partition coefficient (Wildman–Crippen LogP) is 4.04. The highest BCUT2D eigenvalue weighted by Gasteiger charge is 1.97. The minimum absolute atomic E-state index is 1.06. The number of aromatic nitrogens is 1. The van der Waals surface area contributed by atoms with Crippen LogP contribution in [0.5, 0.6) is 0 Å². The van der Waals surface area contributed by atoms with E-state index >= 15 is 0 Å². The molecule has 1 aromatic carbocycles. The summed E-state index contributed by atoms with van der Waals surface area (Å²) >= 11 is 1.76. The molecule has 0 radical (unpaired) electrons. The van der Waals surface area contributed by atoms with Crippen LogP contribution in [0.25, 0.3) is 10.1 Å². The Morgan fingerprint density at radius 1 is 0.938 bits per heavy atom. The van der Waals surface area contributed by atoms with E-state index in [1.54, 1.807) is 23.7 Å². The van der Waals surface area contributed by atoms with E-state index in [4.69, 9.17) is 0 Å². The van der Waals surface area contributed by atoms with Gasteiger partial charge < -0.3 is 5.32 Å². The lowest BCUT2D eigenvalue weighted by Crippen LogP contribution is -1.89. The number of hydrogen-bond acceptors (Lipinski definition) is 3. The van der Waals surface area contributed by atoms with E-state index in [1.165, 1.54) is 10.1 Å². The summed E-state index contributed by atoms with van der Waals surface area (Å²) in [7, 11) is 0. The van der Waals surface area contributed by atoms with E-state index in [1.807, 2.05) is 12.1 Å². The first-order valence-corrected chi connectivity index (χ1v) is 5.94. The number of nitrogens with one attached hydrogen (secondary N) is 1. The standard InChI is InChI=1S/C13H10N2S/c1-2-13-10(5-8-16-13)9-12(1)15-11-3-6-14-7-4-11/h1-9H,(H,14,15). The van der Waals surface area contributed by atoms with Gasteiger partial charge in [-0.05, 0) is 47.2 Å². The molecule has 1 N–H and O–H groups in total. The van der Waals surface area contributed by atoms with Crippen LogP contribution in [-0.4, -0.2) is 4.98 Å². The van der Waals surface area contributed by atoms with Gasteiger partial charge in [0.2, 0.25) is 0 Å². The Kier molecular flexibility index (Phi) is 2.31. The number of rotatable bonds is 2. The summed E-state index contributed by atoms with van der Waals surface area (Å²) in [5.74, 6) is 0. The fourth-order valence-corrected chi connectivity index (χ4v) is 2.42. The van der Waals surface area contributed by atoms with Crippen LogP contribution >= 0.6 is 11.3 Å². The first kappa shape index (κ1) is 9.36. The maximum absolute atomic E-state index is 3.99. The zero-order valence-electron chi connectivity index (χ0n) is 8.55.